The largest absolute Gasteiger partial charge is 0.324 e. The molecule has 96 valence electrons. The summed E-state index contributed by atoms with van der Waals surface area (Å²) in [5, 5.41) is 22.9. The second-order valence-electron chi connectivity index (χ2n) is 3.86. The third-order valence-electron chi connectivity index (χ3n) is 2.56. The molecule has 1 aromatic carbocycles. The molecule has 2 aromatic rings. The van der Waals surface area contributed by atoms with Gasteiger partial charge in [-0.1, -0.05) is 41.7 Å². The van der Waals surface area contributed by atoms with Crippen LogP contribution in [0, 0.1) is 21.4 Å². The van der Waals surface area contributed by atoms with E-state index in [1.54, 1.807) is 6.07 Å². The number of thiophene rings is 1. The van der Waals surface area contributed by atoms with Crippen molar-refractivity contribution in [2.24, 2.45) is 0 Å². The summed E-state index contributed by atoms with van der Waals surface area (Å²) in [6, 6.07) is 14.3. The molecule has 0 aliphatic rings. The van der Waals surface area contributed by atoms with Crippen LogP contribution >= 0.6 is 11.3 Å². The molecular weight excluding hydrogens is 262 g/mol. The number of benzene rings is 1. The number of nitrogens with one attached hydrogen (secondary N) is 1. The van der Waals surface area contributed by atoms with E-state index >= 15 is 0 Å². The minimum absolute atomic E-state index is 0.0526. The molecule has 1 heterocycles. The number of nitrogens with zero attached hydrogens (tertiary/aromatic N) is 2. The molecule has 0 spiro atoms. The van der Waals surface area contributed by atoms with Crippen LogP contribution in [0.5, 0.6) is 0 Å². The lowest BCUT2D eigenvalue weighted by Crippen LogP contribution is -2.18. The zero-order chi connectivity index (χ0) is 13.7. The van der Waals surface area contributed by atoms with Crippen LogP contribution in [-0.2, 0) is 6.54 Å². The van der Waals surface area contributed by atoms with Crippen molar-refractivity contribution < 1.29 is 4.92 Å². The highest BCUT2D eigenvalue weighted by atomic mass is 32.1. The molecule has 0 bridgehead atoms. The van der Waals surface area contributed by atoms with Gasteiger partial charge in [-0.3, -0.25) is 15.4 Å². The van der Waals surface area contributed by atoms with E-state index in [1.807, 2.05) is 30.3 Å². The van der Waals surface area contributed by atoms with E-state index in [0.29, 0.717) is 11.4 Å². The maximum atomic E-state index is 10.6. The molecule has 0 saturated carbocycles. The van der Waals surface area contributed by atoms with Gasteiger partial charge in [0.1, 0.15) is 6.04 Å². The van der Waals surface area contributed by atoms with Gasteiger partial charge in [0.05, 0.1) is 11.0 Å². The minimum Gasteiger partial charge on any atom is -0.293 e. The zero-order valence-corrected chi connectivity index (χ0v) is 10.8. The molecule has 1 N–H and O–H groups in total. The minimum atomic E-state index is -0.529. The Morgan fingerprint density at radius 1 is 1.32 bits per heavy atom. The fourth-order valence-corrected chi connectivity index (χ4v) is 2.46. The summed E-state index contributed by atoms with van der Waals surface area (Å²) in [5.74, 6) is 0. The van der Waals surface area contributed by atoms with Gasteiger partial charge in [-0.15, -0.1) is 0 Å². The van der Waals surface area contributed by atoms with Crippen LogP contribution < -0.4 is 5.32 Å². The van der Waals surface area contributed by atoms with Crippen LogP contribution in [0.3, 0.4) is 0 Å². The van der Waals surface area contributed by atoms with E-state index in [1.165, 1.54) is 6.07 Å². The van der Waals surface area contributed by atoms with E-state index in [0.717, 1.165) is 16.9 Å². The van der Waals surface area contributed by atoms with Crippen molar-refractivity contribution >= 4 is 16.3 Å². The molecule has 0 fully saturated rings. The fourth-order valence-electron chi connectivity index (χ4n) is 1.62. The normalized spacial score (nSPS) is 11.7. The number of nitriles is 1. The Balaban J connectivity index is 2.04. The quantitative estimate of drug-likeness (QED) is 0.671. The fraction of sp³-hybridized carbons (Fsp3) is 0.154. The van der Waals surface area contributed by atoms with E-state index in [4.69, 9.17) is 5.26 Å². The maximum Gasteiger partial charge on any atom is 0.324 e. The molecule has 5 nitrogen and oxygen atoms in total. The van der Waals surface area contributed by atoms with Crippen LogP contribution in [0.4, 0.5) is 5.00 Å². The lowest BCUT2D eigenvalue weighted by atomic mass is 10.2. The van der Waals surface area contributed by atoms with Crippen LogP contribution in [0.1, 0.15) is 16.5 Å². The van der Waals surface area contributed by atoms with Gasteiger partial charge in [0.25, 0.3) is 0 Å². The summed E-state index contributed by atoms with van der Waals surface area (Å²) >= 11 is 1.02. The van der Waals surface area contributed by atoms with Crippen LogP contribution in [0.2, 0.25) is 0 Å². The second-order valence-corrected chi connectivity index (χ2v) is 4.96. The molecule has 1 unspecified atom stereocenters. The summed E-state index contributed by atoms with van der Waals surface area (Å²) in [5.41, 5.74) is 1.06. The average Bonchev–Trinajstić information content (AvgIpc) is 2.90. The molecule has 19 heavy (non-hydrogen) atoms. The molecule has 0 aliphatic heterocycles. The predicted molar refractivity (Wildman–Crippen MR) is 72.6 cm³/mol. The van der Waals surface area contributed by atoms with Gasteiger partial charge < -0.3 is 0 Å². The third kappa shape index (κ3) is 3.37. The SMILES string of the molecule is N#CC(NCc1ccccc1)c1ccc([N+](=O)[O-])s1. The Kier molecular flexibility index (Phi) is 4.23. The summed E-state index contributed by atoms with van der Waals surface area (Å²) in [6.07, 6.45) is 0. The summed E-state index contributed by atoms with van der Waals surface area (Å²) in [6.45, 7) is 0.546. The predicted octanol–water partition coefficient (Wildman–Crippen LogP) is 3.01. The van der Waals surface area contributed by atoms with Crippen molar-refractivity contribution in [3.05, 3.63) is 63.0 Å². The van der Waals surface area contributed by atoms with E-state index in [-0.39, 0.29) is 5.00 Å². The van der Waals surface area contributed by atoms with Crippen molar-refractivity contribution in [3.8, 4) is 6.07 Å². The van der Waals surface area contributed by atoms with E-state index in [2.05, 4.69) is 11.4 Å². The van der Waals surface area contributed by atoms with Gasteiger partial charge in [0.2, 0.25) is 0 Å². The van der Waals surface area contributed by atoms with Gasteiger partial charge in [-0.25, -0.2) is 0 Å². The smallest absolute Gasteiger partial charge is 0.293 e. The zero-order valence-electron chi connectivity index (χ0n) is 9.95. The van der Waals surface area contributed by atoms with Gasteiger partial charge in [-0.2, -0.15) is 5.26 Å². The first kappa shape index (κ1) is 13.2. The molecule has 1 atom stereocenters. The summed E-state index contributed by atoms with van der Waals surface area (Å²) in [7, 11) is 0. The van der Waals surface area contributed by atoms with E-state index in [9.17, 15) is 10.1 Å². The molecule has 2 rings (SSSR count). The topological polar surface area (TPSA) is 79.0 Å². The third-order valence-corrected chi connectivity index (χ3v) is 3.66. The Bertz CT molecular complexity index is 604. The van der Waals surface area contributed by atoms with E-state index < -0.39 is 11.0 Å². The van der Waals surface area contributed by atoms with Gasteiger partial charge in [-0.05, 0) is 11.6 Å². The Hall–Kier alpha value is -2.23. The Morgan fingerprint density at radius 3 is 2.63 bits per heavy atom. The standard InChI is InChI=1S/C13H11N3O2S/c14-8-11(12-6-7-13(19-12)16(17)18)15-9-10-4-2-1-3-5-10/h1-7,11,15H,9H2. The average molecular weight is 273 g/mol. The first-order valence-corrected chi connectivity index (χ1v) is 6.43. The number of rotatable bonds is 5. The highest BCUT2D eigenvalue weighted by Gasteiger charge is 2.17. The Labute approximate surface area is 114 Å². The maximum absolute atomic E-state index is 10.6. The highest BCUT2D eigenvalue weighted by Crippen LogP contribution is 2.28. The van der Waals surface area contributed by atoms with Crippen molar-refractivity contribution in [1.82, 2.24) is 5.32 Å². The number of hydrogen-bond acceptors (Lipinski definition) is 5. The molecule has 1 aromatic heterocycles. The van der Waals surface area contributed by atoms with Crippen LogP contribution in [0.15, 0.2) is 42.5 Å². The molecule has 0 radical (unpaired) electrons. The molecule has 0 saturated heterocycles. The van der Waals surface area contributed by atoms with Crippen LogP contribution in [0.25, 0.3) is 0 Å². The second kappa shape index (κ2) is 6.09. The van der Waals surface area contributed by atoms with Crippen molar-refractivity contribution in [2.45, 2.75) is 12.6 Å². The first-order chi connectivity index (χ1) is 9.20. The number of nitro groups is 1. The number of hydrogen-bond donors (Lipinski definition) is 1. The summed E-state index contributed by atoms with van der Waals surface area (Å²) < 4.78 is 0. The lowest BCUT2D eigenvalue weighted by Gasteiger charge is -2.09. The van der Waals surface area contributed by atoms with Crippen LogP contribution in [-0.4, -0.2) is 4.92 Å². The highest BCUT2D eigenvalue weighted by molar-refractivity contribution is 7.15. The van der Waals surface area contributed by atoms with Gasteiger partial charge >= 0.3 is 5.00 Å². The van der Waals surface area contributed by atoms with Gasteiger partial charge in [0.15, 0.2) is 0 Å². The molecular formula is C13H11N3O2S. The van der Waals surface area contributed by atoms with Gasteiger partial charge in [0, 0.05) is 17.5 Å². The Morgan fingerprint density at radius 2 is 2.05 bits per heavy atom. The molecule has 0 aliphatic carbocycles. The summed E-state index contributed by atoms with van der Waals surface area (Å²) in [4.78, 5) is 10.8. The molecule has 0 amide bonds. The lowest BCUT2D eigenvalue weighted by molar-refractivity contribution is -0.380. The van der Waals surface area contributed by atoms with Crippen molar-refractivity contribution in [1.29, 1.82) is 5.26 Å². The first-order valence-electron chi connectivity index (χ1n) is 5.62. The monoisotopic (exact) mass is 273 g/mol. The van der Waals surface area contributed by atoms with Crippen molar-refractivity contribution in [3.63, 3.8) is 0 Å². The molecule has 6 heteroatoms. The van der Waals surface area contributed by atoms with Crippen molar-refractivity contribution in [2.75, 3.05) is 0 Å².